The van der Waals surface area contributed by atoms with Crippen LogP contribution in [0.3, 0.4) is 0 Å². The molecule has 0 aliphatic rings. The summed E-state index contributed by atoms with van der Waals surface area (Å²) in [5, 5.41) is 2.99. The van der Waals surface area contributed by atoms with E-state index in [1.807, 2.05) is 39.0 Å². The van der Waals surface area contributed by atoms with Crippen LogP contribution in [0.1, 0.15) is 68.3 Å². The summed E-state index contributed by atoms with van der Waals surface area (Å²) in [5.41, 5.74) is 7.96. The Morgan fingerprint density at radius 2 is 1.72 bits per heavy atom. The maximum Gasteiger partial charge on any atom is 0.407 e. The highest BCUT2D eigenvalue weighted by Gasteiger charge is 2.21. The minimum atomic E-state index is -0.562. The first-order valence-electron chi connectivity index (χ1n) is 12.4. The number of nitrogens with one attached hydrogen (secondary N) is 1. The third kappa shape index (κ3) is 7.54. The van der Waals surface area contributed by atoms with Gasteiger partial charge in [-0.1, -0.05) is 90.0 Å². The number of halogens is 1. The Hall–Kier alpha value is -2.92. The van der Waals surface area contributed by atoms with E-state index < -0.39 is 11.7 Å². The molecule has 0 radical (unpaired) electrons. The molecule has 0 aliphatic heterocycles. The van der Waals surface area contributed by atoms with E-state index in [4.69, 9.17) is 9.72 Å². The number of pyridine rings is 1. The third-order valence-corrected chi connectivity index (χ3v) is 6.42. The minimum Gasteiger partial charge on any atom is -0.444 e. The lowest BCUT2D eigenvalue weighted by molar-refractivity contribution is 0.0523. The summed E-state index contributed by atoms with van der Waals surface area (Å²) in [4.78, 5) is 17.6. The molecule has 4 nitrogen and oxygen atoms in total. The van der Waals surface area contributed by atoms with Gasteiger partial charge in [0.25, 0.3) is 0 Å². The van der Waals surface area contributed by atoms with E-state index >= 15 is 0 Å². The second-order valence-corrected chi connectivity index (χ2v) is 11.4. The summed E-state index contributed by atoms with van der Waals surface area (Å²) < 4.78 is 6.56. The van der Waals surface area contributed by atoms with E-state index in [2.05, 4.69) is 91.4 Å². The van der Waals surface area contributed by atoms with Gasteiger partial charge in [-0.05, 0) is 69.7 Å². The van der Waals surface area contributed by atoms with Crippen molar-refractivity contribution in [3.05, 3.63) is 86.6 Å². The molecule has 0 unspecified atom stereocenters. The minimum absolute atomic E-state index is 0.337. The molecule has 2 aromatic carbocycles. The molecule has 0 aliphatic carbocycles. The Bertz CT molecular complexity index is 1240. The molecule has 3 rings (SSSR count). The zero-order valence-electron chi connectivity index (χ0n) is 22.4. The van der Waals surface area contributed by atoms with Crippen LogP contribution in [0.4, 0.5) is 4.79 Å². The van der Waals surface area contributed by atoms with Gasteiger partial charge in [0.1, 0.15) is 5.60 Å². The lowest BCUT2D eigenvalue weighted by Crippen LogP contribution is -2.32. The molecule has 36 heavy (non-hydrogen) atoms. The van der Waals surface area contributed by atoms with E-state index in [9.17, 15) is 4.79 Å². The Morgan fingerprint density at radius 1 is 1.06 bits per heavy atom. The monoisotopic (exact) mass is 548 g/mol. The molecular formula is C31H37BrN2O2. The molecule has 0 spiro atoms. The van der Waals surface area contributed by atoms with Crippen molar-refractivity contribution in [2.75, 3.05) is 0 Å². The number of nitrogens with zero attached hydrogens (tertiary/aromatic N) is 1. The largest absolute Gasteiger partial charge is 0.444 e. The van der Waals surface area contributed by atoms with Gasteiger partial charge in [-0.2, -0.15) is 0 Å². The number of amides is 1. The molecule has 1 heterocycles. The van der Waals surface area contributed by atoms with Crippen LogP contribution < -0.4 is 5.32 Å². The second-order valence-electron chi connectivity index (χ2n) is 10.6. The molecular weight excluding hydrogens is 512 g/mol. The number of aromatic nitrogens is 1. The number of carbonyl (C=O) groups is 1. The third-order valence-electron chi connectivity index (χ3n) is 5.70. The molecule has 190 valence electrons. The Morgan fingerprint density at radius 3 is 2.33 bits per heavy atom. The van der Waals surface area contributed by atoms with Crippen molar-refractivity contribution in [3.8, 4) is 11.1 Å². The maximum atomic E-state index is 12.6. The Balaban J connectivity index is 2.19. The Kier molecular flexibility index (Phi) is 9.13. The van der Waals surface area contributed by atoms with Gasteiger partial charge >= 0.3 is 6.09 Å². The fourth-order valence-electron chi connectivity index (χ4n) is 4.08. The highest BCUT2D eigenvalue weighted by atomic mass is 79.9. The van der Waals surface area contributed by atoms with Crippen LogP contribution in [-0.2, 0) is 17.7 Å². The Labute approximate surface area is 224 Å². The van der Waals surface area contributed by atoms with E-state index in [0.717, 1.165) is 50.1 Å². The van der Waals surface area contributed by atoms with Gasteiger partial charge in [0.2, 0.25) is 0 Å². The summed E-state index contributed by atoms with van der Waals surface area (Å²) in [6, 6.07) is 16.7. The molecule has 0 fully saturated rings. The molecule has 5 heteroatoms. The van der Waals surface area contributed by atoms with Crippen LogP contribution in [0.15, 0.2) is 53.0 Å². The number of ether oxygens (including phenoxy) is 1. The summed E-state index contributed by atoms with van der Waals surface area (Å²) in [7, 11) is 0. The van der Waals surface area contributed by atoms with Crippen molar-refractivity contribution >= 4 is 34.2 Å². The van der Waals surface area contributed by atoms with E-state index in [-0.39, 0.29) is 0 Å². The normalized spacial score (nSPS) is 11.8. The van der Waals surface area contributed by atoms with E-state index in [1.165, 1.54) is 5.56 Å². The van der Waals surface area contributed by atoms with Gasteiger partial charge in [0.15, 0.2) is 0 Å². The van der Waals surface area contributed by atoms with Crippen molar-refractivity contribution in [2.24, 2.45) is 5.92 Å². The SMILES string of the molecule is Cc1ccc(-c2c(C=Cc3ccccc3Br)c(C)nc(CC(C)C)c2CNC(=O)OC(C)(C)C)cc1. The van der Waals surface area contributed by atoms with E-state index in [0.29, 0.717) is 12.5 Å². The number of benzene rings is 2. The fourth-order valence-corrected chi connectivity index (χ4v) is 4.49. The van der Waals surface area contributed by atoms with Crippen LogP contribution in [-0.4, -0.2) is 16.7 Å². The van der Waals surface area contributed by atoms with Gasteiger partial charge in [-0.3, -0.25) is 4.98 Å². The average Bonchev–Trinajstić information content (AvgIpc) is 2.77. The summed E-state index contributed by atoms with van der Waals surface area (Å²) in [5.74, 6) is 0.421. The van der Waals surface area contributed by atoms with Gasteiger partial charge < -0.3 is 10.1 Å². The molecule has 1 aromatic heterocycles. The number of rotatable bonds is 7. The van der Waals surface area contributed by atoms with Crippen molar-refractivity contribution < 1.29 is 9.53 Å². The average molecular weight is 550 g/mol. The number of alkyl carbamates (subject to hydrolysis) is 1. The maximum absolute atomic E-state index is 12.6. The smallest absolute Gasteiger partial charge is 0.407 e. The predicted molar refractivity (Wildman–Crippen MR) is 154 cm³/mol. The summed E-state index contributed by atoms with van der Waals surface area (Å²) in [6.45, 7) is 14.5. The second kappa shape index (κ2) is 11.9. The fraction of sp³-hybridized carbons (Fsp3) is 0.355. The number of hydrogen-bond donors (Lipinski definition) is 1. The van der Waals surface area contributed by atoms with Crippen LogP contribution in [0, 0.1) is 19.8 Å². The van der Waals surface area contributed by atoms with Crippen molar-refractivity contribution in [3.63, 3.8) is 0 Å². The standard InChI is InChI=1S/C31H37BrN2O2/c1-20(2)18-28-26(19-33-30(35)36-31(5,6)7)29(24-14-12-21(3)13-15-24)25(22(4)34-28)17-16-23-10-8-9-11-27(23)32/h8-17,20H,18-19H2,1-7H3,(H,33,35). The number of hydrogen-bond acceptors (Lipinski definition) is 3. The molecule has 3 aromatic rings. The number of aryl methyl sites for hydroxylation is 2. The van der Waals surface area contributed by atoms with Crippen molar-refractivity contribution in [2.45, 2.75) is 67.0 Å². The first-order valence-corrected chi connectivity index (χ1v) is 13.2. The van der Waals surface area contributed by atoms with Crippen molar-refractivity contribution in [1.82, 2.24) is 10.3 Å². The van der Waals surface area contributed by atoms with Gasteiger partial charge in [-0.15, -0.1) is 0 Å². The lowest BCUT2D eigenvalue weighted by atomic mass is 9.89. The number of carbonyl (C=O) groups excluding carboxylic acids is 1. The quantitative estimate of drug-likeness (QED) is 0.321. The first kappa shape index (κ1) is 27.7. The van der Waals surface area contributed by atoms with Crippen LogP contribution in [0.2, 0.25) is 0 Å². The molecule has 0 bridgehead atoms. The topological polar surface area (TPSA) is 51.2 Å². The zero-order chi connectivity index (χ0) is 26.5. The van der Waals surface area contributed by atoms with Gasteiger partial charge in [0, 0.05) is 33.5 Å². The zero-order valence-corrected chi connectivity index (χ0v) is 24.0. The first-order chi connectivity index (χ1) is 16.9. The van der Waals surface area contributed by atoms with Gasteiger partial charge in [0.05, 0.1) is 0 Å². The molecule has 1 amide bonds. The molecule has 0 atom stereocenters. The molecule has 0 saturated carbocycles. The molecule has 0 saturated heterocycles. The highest BCUT2D eigenvalue weighted by Crippen LogP contribution is 2.34. The predicted octanol–water partition coefficient (Wildman–Crippen LogP) is 8.52. The van der Waals surface area contributed by atoms with E-state index in [1.54, 1.807) is 0 Å². The molecule has 1 N–H and O–H groups in total. The summed E-state index contributed by atoms with van der Waals surface area (Å²) in [6.07, 6.45) is 4.63. The van der Waals surface area contributed by atoms with Crippen molar-refractivity contribution in [1.29, 1.82) is 0 Å². The van der Waals surface area contributed by atoms with Crippen LogP contribution in [0.25, 0.3) is 23.3 Å². The highest BCUT2D eigenvalue weighted by molar-refractivity contribution is 9.10. The summed E-state index contributed by atoms with van der Waals surface area (Å²) >= 11 is 3.65. The van der Waals surface area contributed by atoms with Gasteiger partial charge in [-0.25, -0.2) is 4.79 Å². The van der Waals surface area contributed by atoms with Crippen LogP contribution >= 0.6 is 15.9 Å². The van der Waals surface area contributed by atoms with Crippen LogP contribution in [0.5, 0.6) is 0 Å². The lowest BCUT2D eigenvalue weighted by Gasteiger charge is -2.23.